The number of rotatable bonds is 2. The molecule has 0 spiro atoms. The van der Waals surface area contributed by atoms with Crippen molar-refractivity contribution in [3.8, 4) is 5.75 Å². The minimum atomic E-state index is -0.421. The number of aromatic hydroxyl groups is 1. The molecule has 1 aromatic heterocycles. The summed E-state index contributed by atoms with van der Waals surface area (Å²) in [4.78, 5) is 12.8. The van der Waals surface area contributed by atoms with Gasteiger partial charge >= 0.3 is 5.63 Å². The van der Waals surface area contributed by atoms with E-state index in [4.69, 9.17) is 4.42 Å². The highest BCUT2D eigenvalue weighted by Gasteiger charge is 2.35. The van der Waals surface area contributed by atoms with Crippen molar-refractivity contribution < 1.29 is 9.52 Å². The van der Waals surface area contributed by atoms with E-state index in [9.17, 15) is 9.90 Å². The summed E-state index contributed by atoms with van der Waals surface area (Å²) >= 11 is 0. The second-order valence-electron chi connectivity index (χ2n) is 7.79. The van der Waals surface area contributed by atoms with Crippen molar-refractivity contribution in [2.75, 3.05) is 0 Å². The van der Waals surface area contributed by atoms with Gasteiger partial charge in [0, 0.05) is 5.92 Å². The van der Waals surface area contributed by atoms with E-state index >= 15 is 0 Å². The van der Waals surface area contributed by atoms with Gasteiger partial charge in [0.1, 0.15) is 11.3 Å². The van der Waals surface area contributed by atoms with Crippen molar-refractivity contribution in [2.45, 2.75) is 39.0 Å². The zero-order valence-corrected chi connectivity index (χ0v) is 15.3. The average Bonchev–Trinajstić information content (AvgIpc) is 2.61. The Kier molecular flexibility index (Phi) is 4.10. The number of benzene rings is 2. The molecule has 1 saturated carbocycles. The first-order valence-corrected chi connectivity index (χ1v) is 9.30. The maximum absolute atomic E-state index is 12.8. The van der Waals surface area contributed by atoms with Gasteiger partial charge in [-0.3, -0.25) is 0 Å². The summed E-state index contributed by atoms with van der Waals surface area (Å²) in [6, 6.07) is 11.5. The topological polar surface area (TPSA) is 50.4 Å². The van der Waals surface area contributed by atoms with Crippen molar-refractivity contribution in [1.29, 1.82) is 0 Å². The number of fused-ring (bicyclic) bond motifs is 3. The lowest BCUT2D eigenvalue weighted by Gasteiger charge is -2.35. The lowest BCUT2D eigenvalue weighted by molar-refractivity contribution is 0.268. The maximum Gasteiger partial charge on any atom is 0.343 e. The van der Waals surface area contributed by atoms with E-state index in [0.29, 0.717) is 22.5 Å². The smallest absolute Gasteiger partial charge is 0.343 e. The molecule has 1 unspecified atom stereocenters. The Morgan fingerprint density at radius 3 is 2.73 bits per heavy atom. The Hall–Kier alpha value is -2.55. The van der Waals surface area contributed by atoms with E-state index in [0.717, 1.165) is 35.6 Å². The second kappa shape index (κ2) is 6.31. The van der Waals surface area contributed by atoms with Crippen LogP contribution in [0.5, 0.6) is 5.75 Å². The van der Waals surface area contributed by atoms with Gasteiger partial charge in [-0.05, 0) is 48.4 Å². The molecule has 4 rings (SSSR count). The van der Waals surface area contributed by atoms with E-state index in [1.54, 1.807) is 6.07 Å². The highest BCUT2D eigenvalue weighted by atomic mass is 16.4. The summed E-state index contributed by atoms with van der Waals surface area (Å²) in [6.45, 7) is 8.36. The minimum absolute atomic E-state index is 0.0455. The van der Waals surface area contributed by atoms with Crippen molar-refractivity contribution in [2.24, 2.45) is 11.8 Å². The molecule has 3 nitrogen and oxygen atoms in total. The first-order chi connectivity index (χ1) is 12.5. The van der Waals surface area contributed by atoms with Crippen LogP contribution in [0.4, 0.5) is 0 Å². The first-order valence-electron chi connectivity index (χ1n) is 9.30. The average molecular weight is 348 g/mol. The third kappa shape index (κ3) is 2.63. The maximum atomic E-state index is 12.8. The molecule has 3 atom stereocenters. The fraction of sp³-hybridized carbons (Fsp3) is 0.348. The van der Waals surface area contributed by atoms with E-state index in [1.165, 1.54) is 0 Å². The van der Waals surface area contributed by atoms with Crippen LogP contribution in [-0.4, -0.2) is 5.11 Å². The van der Waals surface area contributed by atoms with Crippen LogP contribution in [0.25, 0.3) is 21.7 Å². The molecule has 0 aliphatic heterocycles. The van der Waals surface area contributed by atoms with E-state index in [-0.39, 0.29) is 17.6 Å². The summed E-state index contributed by atoms with van der Waals surface area (Å²) in [5.41, 5.74) is 1.51. The monoisotopic (exact) mass is 348 g/mol. The molecule has 26 heavy (non-hydrogen) atoms. The molecule has 1 N–H and O–H groups in total. The van der Waals surface area contributed by atoms with Crippen LogP contribution in [0.1, 0.15) is 44.6 Å². The normalized spacial score (nSPS) is 23.4. The zero-order valence-electron chi connectivity index (χ0n) is 15.3. The highest BCUT2D eigenvalue weighted by molar-refractivity contribution is 6.08. The predicted molar refractivity (Wildman–Crippen MR) is 106 cm³/mol. The van der Waals surface area contributed by atoms with Gasteiger partial charge in [0.25, 0.3) is 0 Å². The molecule has 0 saturated heterocycles. The van der Waals surface area contributed by atoms with Gasteiger partial charge in [0.15, 0.2) is 0 Å². The minimum Gasteiger partial charge on any atom is -0.507 e. The molecular weight excluding hydrogens is 324 g/mol. The Morgan fingerprint density at radius 2 is 1.96 bits per heavy atom. The molecule has 3 heteroatoms. The van der Waals surface area contributed by atoms with Gasteiger partial charge in [0.2, 0.25) is 0 Å². The molecule has 134 valence electrons. The molecule has 3 aromatic rings. The molecule has 1 fully saturated rings. The Balaban J connectivity index is 2.01. The van der Waals surface area contributed by atoms with Gasteiger partial charge in [-0.2, -0.15) is 0 Å². The van der Waals surface area contributed by atoms with Crippen LogP contribution in [0, 0.1) is 11.8 Å². The summed E-state index contributed by atoms with van der Waals surface area (Å²) in [5.74, 6) is 0.749. The van der Waals surface area contributed by atoms with Crippen molar-refractivity contribution in [3.05, 3.63) is 64.5 Å². The standard InChI is InChI=1S/C23H24O3/c1-13(2)16-10-8-14(3)12-18(16)21-22(24)20-17-7-5-4-6-15(17)9-11-19(20)26-23(21)25/h4-7,9,11,14,16,18,24H,1,8,10,12H2,2-3H3/t14?,16-,18+/m0/s1. The number of hydrogen-bond acceptors (Lipinski definition) is 3. The van der Waals surface area contributed by atoms with E-state index in [2.05, 4.69) is 13.5 Å². The third-order valence-electron chi connectivity index (χ3n) is 5.92. The SMILES string of the molecule is C=C(C)[C@@H]1CCC(C)C[C@H]1c1c(O)c2c(ccc3ccccc32)oc1=O. The summed E-state index contributed by atoms with van der Waals surface area (Å²) in [5, 5.41) is 13.7. The predicted octanol–water partition coefficient (Wildman–Crippen LogP) is 5.75. The molecule has 0 radical (unpaired) electrons. The van der Waals surface area contributed by atoms with Crippen LogP contribution < -0.4 is 5.63 Å². The number of allylic oxidation sites excluding steroid dienone is 1. The van der Waals surface area contributed by atoms with Crippen LogP contribution in [-0.2, 0) is 0 Å². The lowest BCUT2D eigenvalue weighted by Crippen LogP contribution is -2.27. The molecule has 0 bridgehead atoms. The molecule has 2 aromatic carbocycles. The van der Waals surface area contributed by atoms with Gasteiger partial charge in [0.05, 0.1) is 10.9 Å². The molecule has 1 heterocycles. The summed E-state index contributed by atoms with van der Waals surface area (Å²) in [6.07, 6.45) is 2.98. The first kappa shape index (κ1) is 16.9. The Morgan fingerprint density at radius 1 is 1.19 bits per heavy atom. The fourth-order valence-electron chi connectivity index (χ4n) is 4.58. The quantitative estimate of drug-likeness (QED) is 0.364. The van der Waals surface area contributed by atoms with E-state index in [1.807, 2.05) is 37.3 Å². The van der Waals surface area contributed by atoms with Crippen LogP contribution in [0.3, 0.4) is 0 Å². The molecule has 1 aliphatic rings. The van der Waals surface area contributed by atoms with Gasteiger partial charge in [-0.25, -0.2) is 4.79 Å². The van der Waals surface area contributed by atoms with Crippen molar-refractivity contribution >= 4 is 21.7 Å². The Labute approximate surface area is 153 Å². The zero-order chi connectivity index (χ0) is 18.4. The molecular formula is C23H24O3. The summed E-state index contributed by atoms with van der Waals surface area (Å²) in [7, 11) is 0. The van der Waals surface area contributed by atoms with Gasteiger partial charge < -0.3 is 9.52 Å². The number of hydrogen-bond donors (Lipinski definition) is 1. The molecule has 0 amide bonds. The van der Waals surface area contributed by atoms with E-state index < -0.39 is 5.63 Å². The highest BCUT2D eigenvalue weighted by Crippen LogP contribution is 2.46. The van der Waals surface area contributed by atoms with Crippen LogP contribution in [0.2, 0.25) is 0 Å². The lowest BCUT2D eigenvalue weighted by atomic mass is 9.69. The van der Waals surface area contributed by atoms with Crippen LogP contribution >= 0.6 is 0 Å². The van der Waals surface area contributed by atoms with Crippen molar-refractivity contribution in [3.63, 3.8) is 0 Å². The largest absolute Gasteiger partial charge is 0.507 e. The molecule has 1 aliphatic carbocycles. The summed E-state index contributed by atoms with van der Waals surface area (Å²) < 4.78 is 5.65. The van der Waals surface area contributed by atoms with Gasteiger partial charge in [-0.15, -0.1) is 0 Å². The van der Waals surface area contributed by atoms with Crippen LogP contribution in [0.15, 0.2) is 57.8 Å². The van der Waals surface area contributed by atoms with Gasteiger partial charge in [-0.1, -0.05) is 55.8 Å². The van der Waals surface area contributed by atoms with Crippen molar-refractivity contribution in [1.82, 2.24) is 0 Å². The Bertz CT molecular complexity index is 1060. The third-order valence-corrected chi connectivity index (χ3v) is 5.92. The second-order valence-corrected chi connectivity index (χ2v) is 7.79. The fourth-order valence-corrected chi connectivity index (χ4v) is 4.58.